The van der Waals surface area contributed by atoms with Crippen molar-refractivity contribution in [1.82, 2.24) is 9.55 Å². The zero-order valence-corrected chi connectivity index (χ0v) is 19.3. The van der Waals surface area contributed by atoms with E-state index in [1.807, 2.05) is 50.2 Å². The van der Waals surface area contributed by atoms with Crippen LogP contribution in [0.5, 0.6) is 0 Å². The third kappa shape index (κ3) is 5.08. The van der Waals surface area contributed by atoms with Crippen molar-refractivity contribution < 1.29 is 4.79 Å². The fourth-order valence-corrected chi connectivity index (χ4v) is 4.23. The smallest absolute Gasteiger partial charge is 0.262 e. The van der Waals surface area contributed by atoms with Crippen molar-refractivity contribution in [2.24, 2.45) is 5.92 Å². The summed E-state index contributed by atoms with van der Waals surface area (Å²) < 4.78 is 2.52. The van der Waals surface area contributed by atoms with E-state index in [0.29, 0.717) is 22.6 Å². The molecule has 1 heterocycles. The molecule has 1 N–H and O–H groups in total. The number of amides is 1. The van der Waals surface area contributed by atoms with Gasteiger partial charge in [0, 0.05) is 16.7 Å². The molecule has 7 heteroatoms. The van der Waals surface area contributed by atoms with Crippen LogP contribution in [0.4, 0.5) is 5.69 Å². The monoisotopic (exact) mass is 473 g/mol. The van der Waals surface area contributed by atoms with Crippen molar-refractivity contribution in [2.45, 2.75) is 44.6 Å². The molecule has 1 atom stereocenters. The number of rotatable bonds is 6. The summed E-state index contributed by atoms with van der Waals surface area (Å²) in [5.74, 6) is 0.153. The molecule has 0 aliphatic heterocycles. The average Bonchev–Trinajstić information content (AvgIpc) is 2.67. The van der Waals surface area contributed by atoms with Gasteiger partial charge in [-0.25, -0.2) is 4.98 Å². The van der Waals surface area contributed by atoms with Gasteiger partial charge in [-0.1, -0.05) is 59.7 Å². The highest BCUT2D eigenvalue weighted by Crippen LogP contribution is 2.26. The van der Waals surface area contributed by atoms with Gasteiger partial charge in [0.1, 0.15) is 0 Å². The number of para-hydroxylation sites is 1. The Morgan fingerprint density at radius 2 is 1.93 bits per heavy atom. The molecule has 0 aliphatic carbocycles. The van der Waals surface area contributed by atoms with Crippen LogP contribution in [0.3, 0.4) is 0 Å². The Hall–Kier alpha value is -2.12. The Morgan fingerprint density at radius 1 is 1.21 bits per heavy atom. The first-order valence-electron chi connectivity index (χ1n) is 9.49. The Balaban J connectivity index is 1.93. The molecule has 3 rings (SSSR count). The minimum atomic E-state index is -0.409. The van der Waals surface area contributed by atoms with Crippen molar-refractivity contribution in [3.63, 3.8) is 0 Å². The largest absolute Gasteiger partial charge is 0.325 e. The quantitative estimate of drug-likeness (QED) is 0.392. The van der Waals surface area contributed by atoms with E-state index in [1.165, 1.54) is 11.8 Å². The van der Waals surface area contributed by atoms with Gasteiger partial charge in [0.05, 0.1) is 16.2 Å². The van der Waals surface area contributed by atoms with Crippen LogP contribution < -0.4 is 10.9 Å². The van der Waals surface area contributed by atoms with Crippen molar-refractivity contribution in [3.05, 3.63) is 62.9 Å². The van der Waals surface area contributed by atoms with E-state index in [9.17, 15) is 9.59 Å². The summed E-state index contributed by atoms with van der Waals surface area (Å²) in [5, 5.41) is 3.69. The maximum atomic E-state index is 13.1. The number of aromatic nitrogens is 2. The summed E-state index contributed by atoms with van der Waals surface area (Å²) in [7, 11) is 0. The molecule has 0 aliphatic rings. The molecule has 0 spiro atoms. The second-order valence-electron chi connectivity index (χ2n) is 7.43. The van der Waals surface area contributed by atoms with Crippen LogP contribution in [0, 0.1) is 12.8 Å². The minimum Gasteiger partial charge on any atom is -0.325 e. The zero-order valence-electron chi connectivity index (χ0n) is 16.9. The van der Waals surface area contributed by atoms with E-state index in [-0.39, 0.29) is 17.4 Å². The van der Waals surface area contributed by atoms with Gasteiger partial charge in [-0.15, -0.1) is 0 Å². The highest BCUT2D eigenvalue weighted by Gasteiger charge is 2.20. The Labute approximate surface area is 183 Å². The summed E-state index contributed by atoms with van der Waals surface area (Å²) >= 11 is 4.73. The number of aryl methyl sites for hydroxylation is 1. The van der Waals surface area contributed by atoms with Gasteiger partial charge in [-0.05, 0) is 49.6 Å². The number of anilines is 1. The molecule has 29 heavy (non-hydrogen) atoms. The molecule has 0 fully saturated rings. The third-order valence-corrected chi connectivity index (χ3v) is 6.07. The number of fused-ring (bicyclic) bond motifs is 1. The lowest BCUT2D eigenvalue weighted by Crippen LogP contribution is -2.28. The van der Waals surface area contributed by atoms with Gasteiger partial charge in [0.25, 0.3) is 5.56 Å². The third-order valence-electron chi connectivity index (χ3n) is 4.48. The summed E-state index contributed by atoms with van der Waals surface area (Å²) in [6.45, 7) is 8.44. The molecule has 3 aromatic rings. The van der Waals surface area contributed by atoms with Crippen LogP contribution in [-0.4, -0.2) is 20.7 Å². The average molecular weight is 474 g/mol. The Bertz CT molecular complexity index is 1110. The molecular formula is C22H24BrN3O2S. The highest BCUT2D eigenvalue weighted by atomic mass is 79.9. The molecule has 1 aromatic heterocycles. The predicted molar refractivity (Wildman–Crippen MR) is 124 cm³/mol. The van der Waals surface area contributed by atoms with E-state index in [2.05, 4.69) is 35.1 Å². The molecule has 2 aromatic carbocycles. The molecule has 152 valence electrons. The van der Waals surface area contributed by atoms with Gasteiger partial charge in [-0.3, -0.25) is 14.2 Å². The van der Waals surface area contributed by atoms with Gasteiger partial charge >= 0.3 is 0 Å². The molecule has 0 bridgehead atoms. The van der Waals surface area contributed by atoms with Crippen LogP contribution in [0.15, 0.2) is 56.9 Å². The van der Waals surface area contributed by atoms with E-state index >= 15 is 0 Å². The number of halogens is 1. The van der Waals surface area contributed by atoms with Crippen LogP contribution in [0.1, 0.15) is 26.3 Å². The van der Waals surface area contributed by atoms with Crippen molar-refractivity contribution >= 4 is 50.2 Å². The number of carbonyl (C=O) groups excluding carboxylic acids is 1. The number of benzene rings is 2. The van der Waals surface area contributed by atoms with Crippen molar-refractivity contribution in [1.29, 1.82) is 0 Å². The van der Waals surface area contributed by atoms with Crippen LogP contribution in [-0.2, 0) is 11.3 Å². The van der Waals surface area contributed by atoms with Gasteiger partial charge < -0.3 is 5.32 Å². The summed E-state index contributed by atoms with van der Waals surface area (Å²) in [4.78, 5) is 30.6. The lowest BCUT2D eigenvalue weighted by Gasteiger charge is -2.18. The van der Waals surface area contributed by atoms with Crippen molar-refractivity contribution in [3.8, 4) is 0 Å². The normalized spacial score (nSPS) is 12.3. The lowest BCUT2D eigenvalue weighted by atomic mass is 10.2. The second kappa shape index (κ2) is 9.13. The molecular weight excluding hydrogens is 450 g/mol. The first kappa shape index (κ1) is 21.6. The van der Waals surface area contributed by atoms with Crippen molar-refractivity contribution in [2.75, 3.05) is 5.32 Å². The standard InChI is InChI=1S/C22H24BrN3O2S/c1-13(2)12-26-21(28)17-11-16(23)9-10-19(17)25-22(26)29-15(4)20(27)24-18-8-6-5-7-14(18)3/h5-11,13,15H,12H2,1-4H3,(H,24,27). The van der Waals surface area contributed by atoms with Gasteiger partial charge in [-0.2, -0.15) is 0 Å². The second-order valence-corrected chi connectivity index (χ2v) is 9.65. The highest BCUT2D eigenvalue weighted by molar-refractivity contribution is 9.10. The maximum Gasteiger partial charge on any atom is 0.262 e. The fraction of sp³-hybridized carbons (Fsp3) is 0.318. The topological polar surface area (TPSA) is 64.0 Å². The van der Waals surface area contributed by atoms with Crippen LogP contribution >= 0.6 is 27.7 Å². The molecule has 1 amide bonds. The predicted octanol–water partition coefficient (Wildman–Crippen LogP) is 5.24. The number of hydrogen-bond donors (Lipinski definition) is 1. The number of carbonyl (C=O) groups is 1. The molecule has 1 unspecified atom stereocenters. The molecule has 5 nitrogen and oxygen atoms in total. The van der Waals surface area contributed by atoms with Gasteiger partial charge in [0.15, 0.2) is 5.16 Å². The van der Waals surface area contributed by atoms with E-state index in [1.54, 1.807) is 10.6 Å². The summed E-state index contributed by atoms with van der Waals surface area (Å²) in [6, 6.07) is 13.1. The minimum absolute atomic E-state index is 0.0842. The Kier molecular flexibility index (Phi) is 6.80. The van der Waals surface area contributed by atoms with Gasteiger partial charge in [0.2, 0.25) is 5.91 Å². The Morgan fingerprint density at radius 3 is 2.62 bits per heavy atom. The zero-order chi connectivity index (χ0) is 21.1. The summed E-state index contributed by atoms with van der Waals surface area (Å²) in [5.41, 5.74) is 2.34. The number of nitrogens with one attached hydrogen (secondary N) is 1. The number of nitrogens with zero attached hydrogens (tertiary/aromatic N) is 2. The SMILES string of the molecule is Cc1ccccc1NC(=O)C(C)Sc1nc2ccc(Br)cc2c(=O)n1CC(C)C. The van der Waals surface area contributed by atoms with Crippen LogP contribution in [0.2, 0.25) is 0 Å². The number of thioether (sulfide) groups is 1. The molecule has 0 saturated carbocycles. The van der Waals surface area contributed by atoms with E-state index in [4.69, 9.17) is 4.98 Å². The fourth-order valence-electron chi connectivity index (χ4n) is 2.95. The molecule has 0 saturated heterocycles. The maximum absolute atomic E-state index is 13.1. The first-order chi connectivity index (χ1) is 13.8. The van der Waals surface area contributed by atoms with E-state index < -0.39 is 5.25 Å². The summed E-state index contributed by atoms with van der Waals surface area (Å²) in [6.07, 6.45) is 0. The first-order valence-corrected chi connectivity index (χ1v) is 11.2. The van der Waals surface area contributed by atoms with E-state index in [0.717, 1.165) is 15.7 Å². The molecule has 0 radical (unpaired) electrons. The van der Waals surface area contributed by atoms with Crippen LogP contribution in [0.25, 0.3) is 10.9 Å². The number of hydrogen-bond acceptors (Lipinski definition) is 4. The lowest BCUT2D eigenvalue weighted by molar-refractivity contribution is -0.115.